The van der Waals surface area contributed by atoms with E-state index in [2.05, 4.69) is 11.8 Å². The largest absolute Gasteiger partial charge is 0.368 e. The molecule has 0 aromatic rings. The van der Waals surface area contributed by atoms with E-state index in [9.17, 15) is 4.79 Å². The van der Waals surface area contributed by atoms with Gasteiger partial charge in [-0.15, -0.1) is 0 Å². The van der Waals surface area contributed by atoms with Crippen molar-refractivity contribution in [3.05, 3.63) is 0 Å². The van der Waals surface area contributed by atoms with Crippen LogP contribution in [-0.2, 0) is 4.79 Å². The maximum absolute atomic E-state index is 11.4. The summed E-state index contributed by atoms with van der Waals surface area (Å²) in [5.74, 6) is 0.515. The second-order valence-electron chi connectivity index (χ2n) is 5.99. The second kappa shape index (κ2) is 4.94. The van der Waals surface area contributed by atoms with E-state index in [1.54, 1.807) is 0 Å². The Morgan fingerprint density at radius 2 is 1.94 bits per heavy atom. The highest BCUT2D eigenvalue weighted by molar-refractivity contribution is 5.84. The van der Waals surface area contributed by atoms with Gasteiger partial charge in [0.2, 0.25) is 5.91 Å². The molecule has 4 heteroatoms. The van der Waals surface area contributed by atoms with E-state index in [0.29, 0.717) is 6.04 Å². The zero-order chi connectivity index (χ0) is 12.5. The maximum Gasteiger partial charge on any atom is 0.237 e. The Hall–Kier alpha value is -0.610. The molecule has 0 spiro atoms. The van der Waals surface area contributed by atoms with Crippen molar-refractivity contribution in [2.24, 2.45) is 17.4 Å². The molecule has 0 aromatic heterocycles. The van der Waals surface area contributed by atoms with Crippen LogP contribution in [0.1, 0.15) is 45.4 Å². The molecule has 4 nitrogen and oxygen atoms in total. The number of nitrogens with zero attached hydrogens (tertiary/aromatic N) is 1. The molecule has 2 unspecified atom stereocenters. The van der Waals surface area contributed by atoms with Crippen molar-refractivity contribution in [3.8, 4) is 0 Å². The van der Waals surface area contributed by atoms with Crippen molar-refractivity contribution < 1.29 is 4.79 Å². The van der Waals surface area contributed by atoms with E-state index >= 15 is 0 Å². The highest BCUT2D eigenvalue weighted by atomic mass is 16.1. The van der Waals surface area contributed by atoms with Crippen molar-refractivity contribution in [2.45, 2.75) is 57.0 Å². The number of primary amides is 1. The molecule has 17 heavy (non-hydrogen) atoms. The van der Waals surface area contributed by atoms with Gasteiger partial charge in [0.1, 0.15) is 0 Å². The van der Waals surface area contributed by atoms with Crippen LogP contribution in [-0.4, -0.2) is 35.5 Å². The van der Waals surface area contributed by atoms with Gasteiger partial charge < -0.3 is 16.4 Å². The summed E-state index contributed by atoms with van der Waals surface area (Å²) in [6.45, 7) is 4.62. The fourth-order valence-corrected chi connectivity index (χ4v) is 3.21. The Morgan fingerprint density at radius 3 is 2.53 bits per heavy atom. The van der Waals surface area contributed by atoms with Crippen LogP contribution in [0.15, 0.2) is 0 Å². The van der Waals surface area contributed by atoms with E-state index in [4.69, 9.17) is 11.5 Å². The number of rotatable bonds is 2. The lowest BCUT2D eigenvalue weighted by Crippen LogP contribution is -2.58. The van der Waals surface area contributed by atoms with Gasteiger partial charge >= 0.3 is 0 Å². The Kier molecular flexibility index (Phi) is 3.73. The molecule has 0 radical (unpaired) electrons. The third-order valence-corrected chi connectivity index (χ3v) is 4.59. The van der Waals surface area contributed by atoms with Crippen LogP contribution < -0.4 is 11.5 Å². The van der Waals surface area contributed by atoms with Crippen LogP contribution in [0, 0.1) is 5.92 Å². The summed E-state index contributed by atoms with van der Waals surface area (Å²) in [6.07, 6.45) is 6.23. The first-order valence-corrected chi connectivity index (χ1v) is 6.84. The fraction of sp³-hybridized carbons (Fsp3) is 0.923. The third-order valence-electron chi connectivity index (χ3n) is 4.59. The first-order chi connectivity index (χ1) is 8.01. The third kappa shape index (κ3) is 2.80. The lowest BCUT2D eigenvalue weighted by Gasteiger charge is -2.43. The Labute approximate surface area is 104 Å². The van der Waals surface area contributed by atoms with Gasteiger partial charge in [0.15, 0.2) is 0 Å². The quantitative estimate of drug-likeness (QED) is 0.750. The molecule has 1 saturated heterocycles. The number of piperidine rings is 1. The average Bonchev–Trinajstić information content (AvgIpc) is 2.30. The molecule has 2 atom stereocenters. The number of carbonyl (C=O) groups excluding carboxylic acids is 1. The van der Waals surface area contributed by atoms with Gasteiger partial charge in [-0.1, -0.05) is 6.92 Å². The molecule has 1 aliphatic carbocycles. The van der Waals surface area contributed by atoms with Crippen molar-refractivity contribution in [2.75, 3.05) is 13.1 Å². The summed E-state index contributed by atoms with van der Waals surface area (Å²) < 4.78 is 0. The molecule has 0 bridgehead atoms. The minimum absolute atomic E-state index is 0.326. The number of carbonyl (C=O) groups is 1. The topological polar surface area (TPSA) is 72.3 Å². The van der Waals surface area contributed by atoms with Crippen LogP contribution in [0.2, 0.25) is 0 Å². The van der Waals surface area contributed by atoms with Gasteiger partial charge in [0.05, 0.1) is 5.54 Å². The fourth-order valence-electron chi connectivity index (χ4n) is 3.21. The second-order valence-corrected chi connectivity index (χ2v) is 5.99. The number of nitrogens with two attached hydrogens (primary N) is 2. The summed E-state index contributed by atoms with van der Waals surface area (Å²) in [4.78, 5) is 14.0. The lowest BCUT2D eigenvalue weighted by atomic mass is 9.78. The number of likely N-dealkylation sites (tertiary alicyclic amines) is 1. The van der Waals surface area contributed by atoms with Crippen molar-refractivity contribution >= 4 is 5.91 Å². The number of amides is 1. The Balaban J connectivity index is 1.95. The molecular weight excluding hydrogens is 214 g/mol. The molecule has 4 N–H and O–H groups in total. The monoisotopic (exact) mass is 239 g/mol. The number of hydrogen-bond acceptors (Lipinski definition) is 3. The van der Waals surface area contributed by atoms with Crippen molar-refractivity contribution in [3.63, 3.8) is 0 Å². The molecular formula is C13H25N3O. The summed E-state index contributed by atoms with van der Waals surface area (Å²) in [6, 6.07) is 0.466. The Morgan fingerprint density at radius 1 is 1.29 bits per heavy atom. The average molecular weight is 239 g/mol. The summed E-state index contributed by atoms with van der Waals surface area (Å²) in [7, 11) is 0. The molecule has 2 fully saturated rings. The summed E-state index contributed by atoms with van der Waals surface area (Å²) in [5.41, 5.74) is 10.8. The molecule has 0 aromatic carbocycles. The first-order valence-electron chi connectivity index (χ1n) is 6.84. The van der Waals surface area contributed by atoms with Crippen molar-refractivity contribution in [1.29, 1.82) is 0 Å². The van der Waals surface area contributed by atoms with Gasteiger partial charge in [0.25, 0.3) is 0 Å². The number of hydrogen-bond donors (Lipinski definition) is 2. The van der Waals surface area contributed by atoms with Gasteiger partial charge in [-0.05, 0) is 57.5 Å². The van der Waals surface area contributed by atoms with E-state index in [1.165, 1.54) is 19.3 Å². The van der Waals surface area contributed by atoms with E-state index < -0.39 is 5.54 Å². The summed E-state index contributed by atoms with van der Waals surface area (Å²) in [5, 5.41) is 0. The van der Waals surface area contributed by atoms with Crippen LogP contribution in [0.3, 0.4) is 0 Å². The van der Waals surface area contributed by atoms with Crippen LogP contribution in [0.25, 0.3) is 0 Å². The Bertz CT molecular complexity index is 286. The van der Waals surface area contributed by atoms with Gasteiger partial charge in [-0.2, -0.15) is 0 Å². The SMILES string of the molecule is CC1CCN(C2CCCC(N)(C(N)=O)C2)CC1. The van der Waals surface area contributed by atoms with Gasteiger partial charge in [0, 0.05) is 6.04 Å². The predicted octanol–water partition coefficient (Wildman–Crippen LogP) is 0.844. The molecule has 2 rings (SSSR count). The van der Waals surface area contributed by atoms with Crippen LogP contribution in [0.5, 0.6) is 0 Å². The molecule has 1 aliphatic heterocycles. The molecule has 2 aliphatic rings. The summed E-state index contributed by atoms with van der Waals surface area (Å²) >= 11 is 0. The molecule has 1 amide bonds. The van der Waals surface area contributed by atoms with Gasteiger partial charge in [-0.25, -0.2) is 0 Å². The first kappa shape index (κ1) is 12.8. The lowest BCUT2D eigenvalue weighted by molar-refractivity contribution is -0.125. The van der Waals surface area contributed by atoms with E-state index in [1.807, 2.05) is 0 Å². The standard InChI is InChI=1S/C13H25N3O/c1-10-4-7-16(8-5-10)11-3-2-6-13(15,9-11)12(14)17/h10-11H,2-9,15H2,1H3,(H2,14,17). The highest BCUT2D eigenvalue weighted by Gasteiger charge is 2.40. The van der Waals surface area contributed by atoms with Crippen molar-refractivity contribution in [1.82, 2.24) is 4.90 Å². The highest BCUT2D eigenvalue weighted by Crippen LogP contribution is 2.31. The molecule has 1 heterocycles. The zero-order valence-electron chi connectivity index (χ0n) is 10.8. The minimum atomic E-state index is -0.758. The minimum Gasteiger partial charge on any atom is -0.368 e. The predicted molar refractivity (Wildman–Crippen MR) is 68.3 cm³/mol. The molecule has 98 valence electrons. The van der Waals surface area contributed by atoms with Gasteiger partial charge in [-0.3, -0.25) is 4.79 Å². The smallest absolute Gasteiger partial charge is 0.237 e. The maximum atomic E-state index is 11.4. The van der Waals surface area contributed by atoms with E-state index in [-0.39, 0.29) is 5.91 Å². The molecule has 1 saturated carbocycles. The van der Waals surface area contributed by atoms with Crippen LogP contribution >= 0.6 is 0 Å². The zero-order valence-corrected chi connectivity index (χ0v) is 10.8. The van der Waals surface area contributed by atoms with E-state index in [0.717, 1.165) is 38.3 Å². The normalized spacial score (nSPS) is 36.9. The van der Waals surface area contributed by atoms with Crippen LogP contribution in [0.4, 0.5) is 0 Å².